The Morgan fingerprint density at radius 2 is 2.05 bits per heavy atom. The number of nitrogens with one attached hydrogen (secondary N) is 1. The number of methoxy groups -OCH3 is 1. The van der Waals surface area contributed by atoms with Crippen LogP contribution in [0.1, 0.15) is 26.7 Å². The third-order valence-electron chi connectivity index (χ3n) is 4.54. The predicted molar refractivity (Wildman–Crippen MR) is 79.2 cm³/mol. The van der Waals surface area contributed by atoms with E-state index in [1.54, 1.807) is 25.0 Å². The van der Waals surface area contributed by atoms with Crippen molar-refractivity contribution in [1.82, 2.24) is 5.32 Å². The molecule has 2 atom stereocenters. The Morgan fingerprint density at radius 1 is 1.33 bits per heavy atom. The first-order chi connectivity index (χ1) is 9.97. The highest BCUT2D eigenvalue weighted by Crippen LogP contribution is 2.43. The predicted octanol–water partition coefficient (Wildman–Crippen LogP) is 1.72. The van der Waals surface area contributed by atoms with Crippen molar-refractivity contribution in [2.75, 3.05) is 12.0 Å². The largest absolute Gasteiger partial charge is 0.497 e. The van der Waals surface area contributed by atoms with Crippen molar-refractivity contribution >= 4 is 17.5 Å². The summed E-state index contributed by atoms with van der Waals surface area (Å²) >= 11 is 0. The van der Waals surface area contributed by atoms with Gasteiger partial charge in [-0.25, -0.2) is 0 Å². The molecule has 3 rings (SSSR count). The van der Waals surface area contributed by atoms with E-state index in [2.05, 4.69) is 5.32 Å². The fraction of sp³-hybridized carbons (Fsp3) is 0.500. The molecule has 2 aliphatic rings. The van der Waals surface area contributed by atoms with Gasteiger partial charge in [0.15, 0.2) is 0 Å². The second-order valence-electron chi connectivity index (χ2n) is 6.02. The number of carbonyl (C=O) groups excluding carboxylic acids is 2. The fourth-order valence-corrected chi connectivity index (χ4v) is 3.00. The summed E-state index contributed by atoms with van der Waals surface area (Å²) in [6.07, 6.45) is 1.98. The number of nitrogens with zero attached hydrogens (tertiary/aromatic N) is 1. The molecule has 5 nitrogen and oxygen atoms in total. The van der Waals surface area contributed by atoms with Crippen LogP contribution in [0.3, 0.4) is 0 Å². The van der Waals surface area contributed by atoms with Crippen LogP contribution in [-0.2, 0) is 9.59 Å². The number of piperazine rings is 1. The van der Waals surface area contributed by atoms with Crippen molar-refractivity contribution in [3.8, 4) is 5.75 Å². The standard InChI is InChI=1S/C16H20N2O3/c1-10-14(19)17-16(2,11-7-8-11)15(20)18(10)12-5-4-6-13(9-12)21-3/h4-6,9-11H,7-8H2,1-3H3,(H,17,19). The summed E-state index contributed by atoms with van der Waals surface area (Å²) in [6, 6.07) is 6.76. The lowest BCUT2D eigenvalue weighted by atomic mass is 9.89. The van der Waals surface area contributed by atoms with Gasteiger partial charge in [-0.1, -0.05) is 6.07 Å². The van der Waals surface area contributed by atoms with E-state index in [4.69, 9.17) is 4.74 Å². The molecule has 1 aromatic carbocycles. The van der Waals surface area contributed by atoms with Gasteiger partial charge in [0.05, 0.1) is 7.11 Å². The normalized spacial score (nSPS) is 29.3. The summed E-state index contributed by atoms with van der Waals surface area (Å²) in [5, 5.41) is 2.92. The smallest absolute Gasteiger partial charge is 0.253 e. The third-order valence-corrected chi connectivity index (χ3v) is 4.54. The zero-order valence-corrected chi connectivity index (χ0v) is 12.6. The quantitative estimate of drug-likeness (QED) is 0.921. The minimum absolute atomic E-state index is 0.0367. The summed E-state index contributed by atoms with van der Waals surface area (Å²) < 4.78 is 5.22. The van der Waals surface area contributed by atoms with Crippen LogP contribution in [-0.4, -0.2) is 30.5 Å². The monoisotopic (exact) mass is 288 g/mol. The van der Waals surface area contributed by atoms with Crippen molar-refractivity contribution < 1.29 is 14.3 Å². The van der Waals surface area contributed by atoms with E-state index in [0.29, 0.717) is 11.4 Å². The molecule has 0 aromatic heterocycles. The topological polar surface area (TPSA) is 58.6 Å². The Bertz CT molecular complexity index is 597. The molecule has 0 spiro atoms. The van der Waals surface area contributed by atoms with Crippen LogP contribution >= 0.6 is 0 Å². The van der Waals surface area contributed by atoms with E-state index < -0.39 is 11.6 Å². The summed E-state index contributed by atoms with van der Waals surface area (Å²) in [5.41, 5.74) is -0.0827. The lowest BCUT2D eigenvalue weighted by Gasteiger charge is -2.43. The molecule has 112 valence electrons. The van der Waals surface area contributed by atoms with Crippen LogP contribution in [0.4, 0.5) is 5.69 Å². The van der Waals surface area contributed by atoms with E-state index in [1.165, 1.54) is 0 Å². The number of amides is 2. The molecule has 2 fully saturated rings. The highest BCUT2D eigenvalue weighted by molar-refractivity contribution is 6.10. The molecule has 1 N–H and O–H groups in total. The lowest BCUT2D eigenvalue weighted by Crippen LogP contribution is -2.69. The van der Waals surface area contributed by atoms with Gasteiger partial charge in [-0.2, -0.15) is 0 Å². The molecule has 1 saturated carbocycles. The van der Waals surface area contributed by atoms with Crippen LogP contribution in [0, 0.1) is 5.92 Å². The first kappa shape index (κ1) is 13.9. The molecule has 2 unspecified atom stereocenters. The maximum Gasteiger partial charge on any atom is 0.253 e. The van der Waals surface area contributed by atoms with E-state index >= 15 is 0 Å². The number of ether oxygens (including phenoxy) is 1. The second kappa shape index (κ2) is 4.76. The molecule has 1 aliphatic heterocycles. The molecule has 0 bridgehead atoms. The van der Waals surface area contributed by atoms with Gasteiger partial charge in [0.25, 0.3) is 5.91 Å². The van der Waals surface area contributed by atoms with E-state index in [-0.39, 0.29) is 17.7 Å². The Kier molecular flexibility index (Phi) is 3.15. The zero-order valence-electron chi connectivity index (χ0n) is 12.6. The van der Waals surface area contributed by atoms with Crippen molar-refractivity contribution in [3.05, 3.63) is 24.3 Å². The van der Waals surface area contributed by atoms with Crippen LogP contribution < -0.4 is 15.0 Å². The number of carbonyl (C=O) groups is 2. The number of hydrogen-bond donors (Lipinski definition) is 1. The second-order valence-corrected chi connectivity index (χ2v) is 6.02. The van der Waals surface area contributed by atoms with Crippen molar-refractivity contribution in [2.24, 2.45) is 5.92 Å². The summed E-state index contributed by atoms with van der Waals surface area (Å²) in [5.74, 6) is 0.776. The van der Waals surface area contributed by atoms with Gasteiger partial charge in [-0.05, 0) is 44.7 Å². The molecular formula is C16H20N2O3. The molecule has 0 radical (unpaired) electrons. The SMILES string of the molecule is COc1cccc(N2C(=O)C(C)(C3CC3)NC(=O)C2C)c1. The van der Waals surface area contributed by atoms with Crippen molar-refractivity contribution in [3.63, 3.8) is 0 Å². The number of rotatable bonds is 3. The summed E-state index contributed by atoms with van der Waals surface area (Å²) in [6.45, 7) is 3.59. The number of hydrogen-bond acceptors (Lipinski definition) is 3. The first-order valence-corrected chi connectivity index (χ1v) is 7.27. The molecule has 1 heterocycles. The van der Waals surface area contributed by atoms with Crippen molar-refractivity contribution in [2.45, 2.75) is 38.3 Å². The molecule has 21 heavy (non-hydrogen) atoms. The average Bonchev–Trinajstić information content (AvgIpc) is 3.31. The fourth-order valence-electron chi connectivity index (χ4n) is 3.00. The first-order valence-electron chi connectivity index (χ1n) is 7.27. The molecule has 1 aromatic rings. The van der Waals surface area contributed by atoms with Crippen LogP contribution in [0.25, 0.3) is 0 Å². The molecule has 1 aliphatic carbocycles. The summed E-state index contributed by atoms with van der Waals surface area (Å²) in [7, 11) is 1.58. The minimum atomic E-state index is -0.785. The highest BCUT2D eigenvalue weighted by Gasteiger charge is 2.54. The van der Waals surface area contributed by atoms with E-state index in [1.807, 2.05) is 25.1 Å². The van der Waals surface area contributed by atoms with Crippen LogP contribution in [0.2, 0.25) is 0 Å². The van der Waals surface area contributed by atoms with Gasteiger partial charge in [0, 0.05) is 11.8 Å². The van der Waals surface area contributed by atoms with Gasteiger partial charge in [-0.3, -0.25) is 14.5 Å². The Labute approximate surface area is 124 Å². The Balaban J connectivity index is 2.01. The molecule has 5 heteroatoms. The van der Waals surface area contributed by atoms with Crippen LogP contribution in [0.5, 0.6) is 5.75 Å². The number of anilines is 1. The van der Waals surface area contributed by atoms with Gasteiger partial charge >= 0.3 is 0 Å². The number of benzene rings is 1. The van der Waals surface area contributed by atoms with Gasteiger partial charge in [0.2, 0.25) is 5.91 Å². The van der Waals surface area contributed by atoms with Crippen molar-refractivity contribution in [1.29, 1.82) is 0 Å². The average molecular weight is 288 g/mol. The van der Waals surface area contributed by atoms with Gasteiger partial charge in [-0.15, -0.1) is 0 Å². The lowest BCUT2D eigenvalue weighted by molar-refractivity contribution is -0.138. The molecule has 1 saturated heterocycles. The van der Waals surface area contributed by atoms with Gasteiger partial charge in [0.1, 0.15) is 17.3 Å². The van der Waals surface area contributed by atoms with E-state index in [0.717, 1.165) is 12.8 Å². The maximum absolute atomic E-state index is 13.0. The maximum atomic E-state index is 13.0. The third kappa shape index (κ3) is 2.17. The highest BCUT2D eigenvalue weighted by atomic mass is 16.5. The zero-order chi connectivity index (χ0) is 15.2. The minimum Gasteiger partial charge on any atom is -0.497 e. The Morgan fingerprint density at radius 3 is 2.67 bits per heavy atom. The molecular weight excluding hydrogens is 268 g/mol. The van der Waals surface area contributed by atoms with E-state index in [9.17, 15) is 9.59 Å². The van der Waals surface area contributed by atoms with Crippen LogP contribution in [0.15, 0.2) is 24.3 Å². The van der Waals surface area contributed by atoms with Gasteiger partial charge < -0.3 is 10.1 Å². The summed E-state index contributed by atoms with van der Waals surface area (Å²) in [4.78, 5) is 26.8. The molecule has 2 amide bonds. The Hall–Kier alpha value is -2.04.